The van der Waals surface area contributed by atoms with Crippen LogP contribution in [-0.2, 0) is 11.3 Å². The molecule has 36 heavy (non-hydrogen) atoms. The van der Waals surface area contributed by atoms with Crippen LogP contribution in [-0.4, -0.2) is 28.8 Å². The fourth-order valence-electron chi connectivity index (χ4n) is 3.73. The second-order valence-electron chi connectivity index (χ2n) is 9.15. The first-order valence-corrected chi connectivity index (χ1v) is 12.1. The van der Waals surface area contributed by atoms with Crippen LogP contribution in [0.3, 0.4) is 0 Å². The number of carbonyl (C=O) groups is 1. The molecule has 186 valence electrons. The smallest absolute Gasteiger partial charge is 0.302 e. The molecule has 0 saturated heterocycles. The van der Waals surface area contributed by atoms with Crippen LogP contribution in [0.25, 0.3) is 10.9 Å². The molecule has 7 nitrogen and oxygen atoms in total. The lowest BCUT2D eigenvalue weighted by molar-refractivity contribution is -0.120. The van der Waals surface area contributed by atoms with Gasteiger partial charge in [0.05, 0.1) is 18.7 Å². The van der Waals surface area contributed by atoms with Crippen molar-refractivity contribution >= 4 is 22.5 Å². The van der Waals surface area contributed by atoms with E-state index in [4.69, 9.17) is 9.47 Å². The maximum absolute atomic E-state index is 12.3. The van der Waals surface area contributed by atoms with Crippen molar-refractivity contribution in [1.29, 1.82) is 0 Å². The number of aromatic hydroxyl groups is 1. The Morgan fingerprint density at radius 3 is 2.33 bits per heavy atom. The van der Waals surface area contributed by atoms with Crippen LogP contribution in [0.1, 0.15) is 31.4 Å². The Bertz CT molecular complexity index is 1340. The molecular weight excluding hydrogens is 454 g/mol. The van der Waals surface area contributed by atoms with E-state index >= 15 is 0 Å². The van der Waals surface area contributed by atoms with Crippen molar-refractivity contribution in [2.45, 2.75) is 33.7 Å². The molecule has 1 aromatic heterocycles. The predicted molar refractivity (Wildman–Crippen MR) is 140 cm³/mol. The Kier molecular flexibility index (Phi) is 8.00. The molecule has 0 radical (unpaired) electrons. The number of aryl methyl sites for hydroxylation is 1. The van der Waals surface area contributed by atoms with Crippen LogP contribution >= 0.6 is 0 Å². The van der Waals surface area contributed by atoms with E-state index in [1.165, 1.54) is 0 Å². The van der Waals surface area contributed by atoms with Crippen LogP contribution in [0, 0.1) is 12.8 Å². The van der Waals surface area contributed by atoms with Gasteiger partial charge in [0.15, 0.2) is 12.3 Å². The number of azo groups is 1. The minimum atomic E-state index is -0.542. The average Bonchev–Trinajstić information content (AvgIpc) is 3.13. The zero-order chi connectivity index (χ0) is 25.5. The molecule has 3 aromatic carbocycles. The van der Waals surface area contributed by atoms with Gasteiger partial charge in [-0.05, 0) is 55.2 Å². The van der Waals surface area contributed by atoms with Gasteiger partial charge in [-0.1, -0.05) is 61.9 Å². The third-order valence-electron chi connectivity index (χ3n) is 5.79. The van der Waals surface area contributed by atoms with Crippen LogP contribution in [0.15, 0.2) is 83.0 Å². The fourth-order valence-corrected chi connectivity index (χ4v) is 3.73. The summed E-state index contributed by atoms with van der Waals surface area (Å²) in [6.45, 7) is 7.19. The number of nitrogens with zero attached hydrogens (tertiary/aromatic N) is 3. The number of hydrogen-bond acceptors (Lipinski definition) is 5. The highest BCUT2D eigenvalue weighted by Gasteiger charge is 2.17. The highest BCUT2D eigenvalue weighted by atomic mass is 16.5. The normalized spacial score (nSPS) is 11.4. The fraction of sp³-hybridized carbons (Fsp3) is 0.276. The number of hydrogen-bond donors (Lipinski definition) is 1. The molecule has 0 saturated carbocycles. The van der Waals surface area contributed by atoms with E-state index < -0.39 is 5.91 Å². The predicted octanol–water partition coefficient (Wildman–Crippen LogP) is 6.82. The van der Waals surface area contributed by atoms with Crippen molar-refractivity contribution in [3.8, 4) is 17.4 Å². The lowest BCUT2D eigenvalue weighted by Crippen LogP contribution is -2.07. The molecule has 0 aliphatic carbocycles. The second-order valence-corrected chi connectivity index (χ2v) is 9.15. The first kappa shape index (κ1) is 25.0. The van der Waals surface area contributed by atoms with Crippen molar-refractivity contribution in [2.75, 3.05) is 13.2 Å². The van der Waals surface area contributed by atoms with E-state index in [0.717, 1.165) is 28.8 Å². The lowest BCUT2D eigenvalue weighted by atomic mass is 10.1. The van der Waals surface area contributed by atoms with Gasteiger partial charge in [-0.25, -0.2) is 0 Å². The van der Waals surface area contributed by atoms with Gasteiger partial charge in [-0.15, -0.1) is 10.2 Å². The van der Waals surface area contributed by atoms with Crippen molar-refractivity contribution in [1.82, 2.24) is 4.57 Å². The number of benzene rings is 3. The standard InChI is InChI=1S/C29H31N3O4/c1-20(2)16-17-35-23-14-10-22(11-15-23)18-32-26-7-5-4-6-25(26)28(29(32)34)31-30-27(33)19-36-24-12-8-21(3)9-13-24/h4-15,20,34H,16-19H2,1-3H3. The highest BCUT2D eigenvalue weighted by Crippen LogP contribution is 2.39. The first-order valence-electron chi connectivity index (χ1n) is 12.1. The SMILES string of the molecule is Cc1ccc(OCC(=O)N=Nc2c(O)n(Cc3ccc(OCCC(C)C)cc3)c3ccccc23)cc1. The van der Waals surface area contributed by atoms with Crippen LogP contribution < -0.4 is 9.47 Å². The van der Waals surface area contributed by atoms with E-state index in [9.17, 15) is 9.90 Å². The summed E-state index contributed by atoms with van der Waals surface area (Å²) in [5.41, 5.74) is 3.15. The quantitative estimate of drug-likeness (QED) is 0.250. The van der Waals surface area contributed by atoms with Crippen molar-refractivity contribution in [3.05, 3.63) is 83.9 Å². The number of ether oxygens (including phenoxy) is 2. The largest absolute Gasteiger partial charge is 0.494 e. The zero-order valence-electron chi connectivity index (χ0n) is 20.8. The van der Waals surface area contributed by atoms with Gasteiger partial charge >= 0.3 is 5.91 Å². The monoisotopic (exact) mass is 485 g/mol. The summed E-state index contributed by atoms with van der Waals surface area (Å²) in [5, 5.41) is 19.6. The molecule has 0 unspecified atom stereocenters. The number of aromatic nitrogens is 1. The molecule has 1 heterocycles. The van der Waals surface area contributed by atoms with E-state index in [1.54, 1.807) is 16.7 Å². The van der Waals surface area contributed by atoms with E-state index in [0.29, 0.717) is 30.2 Å². The molecule has 0 spiro atoms. The van der Waals surface area contributed by atoms with Gasteiger partial charge in [0, 0.05) is 5.39 Å². The van der Waals surface area contributed by atoms with Crippen molar-refractivity contribution in [2.24, 2.45) is 16.1 Å². The van der Waals surface area contributed by atoms with E-state index in [1.807, 2.05) is 67.6 Å². The summed E-state index contributed by atoms with van der Waals surface area (Å²) >= 11 is 0. The summed E-state index contributed by atoms with van der Waals surface area (Å²) < 4.78 is 13.0. The third-order valence-corrected chi connectivity index (χ3v) is 5.79. The van der Waals surface area contributed by atoms with Gasteiger partial charge in [0.25, 0.3) is 0 Å². The van der Waals surface area contributed by atoms with Crippen LogP contribution in [0.5, 0.6) is 17.4 Å². The number of carbonyl (C=O) groups excluding carboxylic acids is 1. The summed E-state index contributed by atoms with van der Waals surface area (Å²) in [6, 6.07) is 22.7. The molecule has 4 rings (SSSR count). The molecule has 1 N–H and O–H groups in total. The van der Waals surface area contributed by atoms with Crippen LogP contribution in [0.4, 0.5) is 5.69 Å². The Labute approximate surface area is 211 Å². The van der Waals surface area contributed by atoms with Gasteiger partial charge < -0.3 is 19.1 Å². The van der Waals surface area contributed by atoms with Crippen molar-refractivity contribution < 1.29 is 19.4 Å². The number of para-hydroxylation sites is 1. The molecule has 0 aliphatic rings. The Morgan fingerprint density at radius 1 is 0.944 bits per heavy atom. The van der Waals surface area contributed by atoms with Gasteiger partial charge in [0.1, 0.15) is 11.5 Å². The second kappa shape index (κ2) is 11.5. The molecule has 1 amide bonds. The molecule has 0 aliphatic heterocycles. The summed E-state index contributed by atoms with van der Waals surface area (Å²) in [7, 11) is 0. The van der Waals surface area contributed by atoms with E-state index in [2.05, 4.69) is 24.1 Å². The third kappa shape index (κ3) is 6.30. The molecule has 7 heteroatoms. The maximum atomic E-state index is 12.3. The topological polar surface area (TPSA) is 85.4 Å². The number of amides is 1. The Hall–Kier alpha value is -4.13. The molecule has 0 fully saturated rings. The molecule has 0 atom stereocenters. The number of rotatable bonds is 10. The maximum Gasteiger partial charge on any atom is 0.302 e. The first-order chi connectivity index (χ1) is 17.4. The summed E-state index contributed by atoms with van der Waals surface area (Å²) in [5.74, 6) is 1.41. The Balaban J connectivity index is 1.47. The molecular formula is C29H31N3O4. The minimum Gasteiger partial charge on any atom is -0.494 e. The average molecular weight is 486 g/mol. The highest BCUT2D eigenvalue weighted by molar-refractivity contribution is 5.95. The lowest BCUT2D eigenvalue weighted by Gasteiger charge is -2.10. The number of fused-ring (bicyclic) bond motifs is 1. The summed E-state index contributed by atoms with van der Waals surface area (Å²) in [4.78, 5) is 12.3. The van der Waals surface area contributed by atoms with Gasteiger partial charge in [0.2, 0.25) is 5.88 Å². The molecule has 0 bridgehead atoms. The van der Waals surface area contributed by atoms with Gasteiger partial charge in [-0.2, -0.15) is 0 Å². The van der Waals surface area contributed by atoms with Crippen molar-refractivity contribution in [3.63, 3.8) is 0 Å². The van der Waals surface area contributed by atoms with E-state index in [-0.39, 0.29) is 18.2 Å². The zero-order valence-corrected chi connectivity index (χ0v) is 20.8. The minimum absolute atomic E-state index is 0.0514. The van der Waals surface area contributed by atoms with Gasteiger partial charge in [-0.3, -0.25) is 4.79 Å². The Morgan fingerprint density at radius 2 is 1.61 bits per heavy atom. The molecule has 4 aromatic rings. The summed E-state index contributed by atoms with van der Waals surface area (Å²) in [6.07, 6.45) is 1.00. The van der Waals surface area contributed by atoms with Crippen LogP contribution in [0.2, 0.25) is 0 Å².